The van der Waals surface area contributed by atoms with Crippen LogP contribution in [0.3, 0.4) is 0 Å². The number of carboxylic acids is 1. The molecule has 24 heavy (non-hydrogen) atoms. The maximum absolute atomic E-state index is 9.60. The summed E-state index contributed by atoms with van der Waals surface area (Å²) in [5, 5.41) is 10.5. The number of carbonyl (C=O) groups is 1. The molecule has 0 radical (unpaired) electrons. The highest BCUT2D eigenvalue weighted by molar-refractivity contribution is 5.66. The average Bonchev–Trinajstić information content (AvgIpc) is 2.78. The van der Waals surface area contributed by atoms with E-state index in [9.17, 15) is 4.79 Å². The van der Waals surface area contributed by atoms with Gasteiger partial charge in [-0.1, -0.05) is 64.7 Å². The topological polar surface area (TPSA) is 52.6 Å². The minimum atomic E-state index is -0.711. The predicted octanol–water partition coefficient (Wildman–Crippen LogP) is 5.13. The number of hydrogen-bond acceptors (Lipinski definition) is 3. The first-order chi connectivity index (χ1) is 11.7. The third kappa shape index (κ3) is 11.0. The lowest BCUT2D eigenvalue weighted by molar-refractivity contribution is -0.137. The van der Waals surface area contributed by atoms with Gasteiger partial charge >= 0.3 is 5.97 Å². The van der Waals surface area contributed by atoms with E-state index in [-0.39, 0.29) is 0 Å². The fourth-order valence-corrected chi connectivity index (χ4v) is 3.69. The summed E-state index contributed by atoms with van der Waals surface area (Å²) in [5.41, 5.74) is 3.73. The molecule has 0 spiro atoms. The predicted molar refractivity (Wildman–Crippen MR) is 101 cm³/mol. The van der Waals surface area contributed by atoms with E-state index in [2.05, 4.69) is 10.4 Å². The fraction of sp³-hybridized carbons (Fsp3) is 0.950. The molecule has 2 rings (SSSR count). The molecule has 0 aromatic carbocycles. The van der Waals surface area contributed by atoms with Crippen molar-refractivity contribution >= 4 is 5.97 Å². The number of rotatable bonds is 3. The van der Waals surface area contributed by atoms with Crippen LogP contribution in [0.2, 0.25) is 0 Å². The van der Waals surface area contributed by atoms with Gasteiger partial charge in [0.25, 0.3) is 0 Å². The third-order valence-electron chi connectivity index (χ3n) is 5.12. The first-order valence-electron chi connectivity index (χ1n) is 10.5. The molecule has 0 unspecified atom stereocenters. The van der Waals surface area contributed by atoms with Crippen molar-refractivity contribution in [3.05, 3.63) is 0 Å². The Bertz CT molecular complexity index is 268. The summed E-state index contributed by atoms with van der Waals surface area (Å²) in [6.45, 7) is 4.33. The smallest absolute Gasteiger partial charge is 0.303 e. The van der Waals surface area contributed by atoms with Crippen molar-refractivity contribution in [2.24, 2.45) is 0 Å². The summed E-state index contributed by atoms with van der Waals surface area (Å²) in [6, 6.07) is 0.821. The van der Waals surface area contributed by atoms with Gasteiger partial charge in [0.2, 0.25) is 0 Å². The molecular formula is C20H40N2O2. The first kappa shape index (κ1) is 21.4. The van der Waals surface area contributed by atoms with Gasteiger partial charge in [0.15, 0.2) is 0 Å². The molecule has 0 bridgehead atoms. The van der Waals surface area contributed by atoms with Crippen LogP contribution >= 0.6 is 0 Å². The van der Waals surface area contributed by atoms with Gasteiger partial charge in [0.05, 0.1) is 0 Å². The molecule has 142 valence electrons. The van der Waals surface area contributed by atoms with E-state index in [0.717, 1.165) is 12.5 Å². The van der Waals surface area contributed by atoms with Gasteiger partial charge in [-0.2, -0.15) is 0 Å². The van der Waals surface area contributed by atoms with E-state index in [0.29, 0.717) is 6.42 Å². The summed E-state index contributed by atoms with van der Waals surface area (Å²) in [7, 11) is 0. The molecule has 0 amide bonds. The van der Waals surface area contributed by atoms with E-state index < -0.39 is 5.97 Å². The molecule has 1 heterocycles. The Kier molecular flexibility index (Phi) is 13.1. The van der Waals surface area contributed by atoms with Gasteiger partial charge in [-0.15, -0.1) is 0 Å². The molecule has 0 atom stereocenters. The largest absolute Gasteiger partial charge is 0.481 e. The van der Waals surface area contributed by atoms with Gasteiger partial charge in [-0.05, 0) is 32.1 Å². The highest BCUT2D eigenvalue weighted by Crippen LogP contribution is 2.21. The van der Waals surface area contributed by atoms with E-state index >= 15 is 0 Å². The van der Waals surface area contributed by atoms with Crippen molar-refractivity contribution in [2.75, 3.05) is 13.1 Å². The number of nitrogens with zero attached hydrogens (tertiary/aromatic N) is 1. The monoisotopic (exact) mass is 340 g/mol. The minimum absolute atomic E-state index is 0.292. The summed E-state index contributed by atoms with van der Waals surface area (Å²) in [5.74, 6) is -0.711. The van der Waals surface area contributed by atoms with E-state index in [4.69, 9.17) is 5.11 Å². The van der Waals surface area contributed by atoms with Crippen LogP contribution < -0.4 is 5.43 Å². The molecule has 4 nitrogen and oxygen atoms in total. The number of hydrogen-bond donors (Lipinski definition) is 2. The molecule has 1 aliphatic carbocycles. The lowest BCUT2D eigenvalue weighted by Crippen LogP contribution is -2.46. The summed E-state index contributed by atoms with van der Waals surface area (Å²) >= 11 is 0. The maximum Gasteiger partial charge on any atom is 0.303 e. The zero-order valence-electron chi connectivity index (χ0n) is 15.9. The number of aliphatic carboxylic acids is 1. The molecule has 2 fully saturated rings. The van der Waals surface area contributed by atoms with Crippen molar-refractivity contribution in [3.63, 3.8) is 0 Å². The Balaban J connectivity index is 0.000000413. The van der Waals surface area contributed by atoms with E-state index in [1.54, 1.807) is 0 Å². The van der Waals surface area contributed by atoms with Gasteiger partial charge in [-0.3, -0.25) is 10.2 Å². The molecule has 0 aromatic rings. The van der Waals surface area contributed by atoms with E-state index in [1.165, 1.54) is 96.6 Å². The van der Waals surface area contributed by atoms with Gasteiger partial charge < -0.3 is 5.11 Å². The van der Waals surface area contributed by atoms with Crippen LogP contribution in [0, 0.1) is 0 Å². The van der Waals surface area contributed by atoms with Crippen LogP contribution in [0.1, 0.15) is 103 Å². The molecule has 2 N–H and O–H groups in total. The van der Waals surface area contributed by atoms with Gasteiger partial charge in [-0.25, -0.2) is 5.01 Å². The Labute approximate surface area is 149 Å². The number of nitrogens with one attached hydrogen (secondary N) is 1. The van der Waals surface area contributed by atoms with Crippen molar-refractivity contribution in [3.8, 4) is 0 Å². The molecule has 0 aromatic heterocycles. The molecule has 1 aliphatic heterocycles. The lowest BCUT2D eigenvalue weighted by atomic mass is 10.0. The van der Waals surface area contributed by atoms with Crippen LogP contribution in [0.25, 0.3) is 0 Å². The van der Waals surface area contributed by atoms with Gasteiger partial charge in [0.1, 0.15) is 0 Å². The minimum Gasteiger partial charge on any atom is -0.481 e. The molecule has 4 heteroatoms. The van der Waals surface area contributed by atoms with Crippen molar-refractivity contribution in [2.45, 2.75) is 109 Å². The van der Waals surface area contributed by atoms with Crippen LogP contribution in [0.15, 0.2) is 0 Å². The zero-order chi connectivity index (χ0) is 17.5. The number of hydrazine groups is 1. The molecule has 1 saturated heterocycles. The van der Waals surface area contributed by atoms with Crippen LogP contribution in [0.5, 0.6) is 0 Å². The van der Waals surface area contributed by atoms with Crippen molar-refractivity contribution < 1.29 is 9.90 Å². The second kappa shape index (κ2) is 14.7. The summed E-state index contributed by atoms with van der Waals surface area (Å²) < 4.78 is 0. The fourth-order valence-electron chi connectivity index (χ4n) is 3.69. The van der Waals surface area contributed by atoms with Crippen molar-refractivity contribution in [1.29, 1.82) is 0 Å². The highest BCUT2D eigenvalue weighted by atomic mass is 16.4. The second-order valence-electron chi connectivity index (χ2n) is 7.37. The van der Waals surface area contributed by atoms with Crippen LogP contribution in [-0.4, -0.2) is 35.2 Å². The second-order valence-corrected chi connectivity index (χ2v) is 7.37. The Morgan fingerprint density at radius 2 is 1.46 bits per heavy atom. The lowest BCUT2D eigenvalue weighted by Gasteiger charge is -2.32. The standard InChI is InChI=1S/C16H32N2.C4H8O2/c1-2-5-9-13-16(12-8-4-1)18-15-11-7-3-6-10-14-17-18;1-2-3-4(5)6/h16-17H,1-15H2;2-3H2,1H3,(H,5,6). The molecule has 2 aliphatic rings. The summed E-state index contributed by atoms with van der Waals surface area (Å²) in [4.78, 5) is 9.60. The average molecular weight is 341 g/mol. The Morgan fingerprint density at radius 3 is 2.00 bits per heavy atom. The normalized spacial score (nSPS) is 22.5. The Hall–Kier alpha value is -0.610. The molecular weight excluding hydrogens is 300 g/mol. The van der Waals surface area contributed by atoms with Gasteiger partial charge in [0, 0.05) is 25.6 Å². The maximum atomic E-state index is 9.60. The quantitative estimate of drug-likeness (QED) is 0.747. The molecule has 1 saturated carbocycles. The summed E-state index contributed by atoms with van der Waals surface area (Å²) in [6.07, 6.45) is 19.7. The highest BCUT2D eigenvalue weighted by Gasteiger charge is 2.18. The van der Waals surface area contributed by atoms with Crippen LogP contribution in [0.4, 0.5) is 0 Å². The third-order valence-corrected chi connectivity index (χ3v) is 5.12. The van der Waals surface area contributed by atoms with E-state index in [1.807, 2.05) is 6.92 Å². The number of carboxylic acid groups (broad SMARTS) is 1. The SMILES string of the molecule is C1CCCCC(N2CCCCCCCN2)CCC1.CCCC(=O)O. The zero-order valence-corrected chi connectivity index (χ0v) is 15.9. The van der Waals surface area contributed by atoms with Crippen molar-refractivity contribution in [1.82, 2.24) is 10.4 Å². The Morgan fingerprint density at radius 1 is 0.917 bits per heavy atom. The first-order valence-corrected chi connectivity index (χ1v) is 10.5. The van der Waals surface area contributed by atoms with Crippen LogP contribution in [-0.2, 0) is 4.79 Å².